The Morgan fingerprint density at radius 1 is 0.779 bits per heavy atom. The van der Waals surface area contributed by atoms with Gasteiger partial charge >= 0.3 is 17.9 Å². The third-order valence-electron chi connectivity index (χ3n) is 14.6. The molecule has 0 amide bonds. The average Bonchev–Trinajstić information content (AvgIpc) is 3.31. The fourth-order valence-electron chi connectivity index (χ4n) is 10.5. The Morgan fingerprint density at radius 3 is 1.88 bits per heavy atom. The summed E-state index contributed by atoms with van der Waals surface area (Å²) in [7, 11) is 5.21. The molecule has 0 saturated carbocycles. The summed E-state index contributed by atoms with van der Waals surface area (Å²) in [6.45, 7) is 16.7. The summed E-state index contributed by atoms with van der Waals surface area (Å²) in [5.41, 5.74) is -4.44. The van der Waals surface area contributed by atoms with E-state index in [1.165, 1.54) is 21.0 Å². The predicted molar refractivity (Wildman–Crippen MR) is 250 cm³/mol. The molecule has 3 N–H and O–H groups in total. The second kappa shape index (κ2) is 22.9. The van der Waals surface area contributed by atoms with Crippen LogP contribution in [0.5, 0.6) is 0 Å². The number of aliphatic hydroxyl groups is 3. The first-order chi connectivity index (χ1) is 31.9. The molecule has 0 bridgehead atoms. The summed E-state index contributed by atoms with van der Waals surface area (Å²) in [4.78, 5) is 58.0. The maximum atomic E-state index is 14.7. The van der Waals surface area contributed by atoms with Gasteiger partial charge in [-0.05, 0) is 98.7 Å². The smallest absolute Gasteiger partial charge is 0.338 e. The highest BCUT2D eigenvalue weighted by atomic mass is 16.7. The molecule has 2 aromatic carbocycles. The Kier molecular flexibility index (Phi) is 18.6. The number of hydrogen-bond acceptors (Lipinski definition) is 16. The number of ketones is 1. The Balaban J connectivity index is 1.61. The standard InChI is InChI=1S/C52H77NO15/c1-14-38-52(60,15-2)43(55)31(5)40(54)29(3)27-50(9,59)44(68-49-42(37(53(11)12)26-30(4)62-49)66-47(57)35-22-18-16-19-23-35)32(6)41(33(7)46(56)64-38)65-39-28-51(10,61-13)45(34(8)63-39)67-48(58)36-24-20-17-21-25-36/h16-25,29-34,37-39,41-45,49,55,59-60H,14-15,26-28H2,1-13H3/t29-,30-,31+,32+,33-,34+,37+,38-,39+,41+,42-,43-,44-,45+,49+,50+,51-,52-/m1/s1. The van der Waals surface area contributed by atoms with E-state index in [1.807, 2.05) is 25.9 Å². The van der Waals surface area contributed by atoms with Crippen LogP contribution in [0.1, 0.15) is 122 Å². The SMILES string of the molecule is CC[C@H]1OC(=O)[C@H](C)[C@@H](O[C@H]2C[C@@](C)(OC)[C@@H](OC(=O)c3ccccc3)[C@H](C)O2)[C@H](C)[C@@H](O[C@@H]2O[C@H](C)C[C@H](N(C)C)[C@H]2OC(=O)c2ccccc2)[C@@](C)(O)C[C@@H](C)C(=O)[C@H](C)[C@@H](O)[C@@]1(O)CC. The zero-order valence-corrected chi connectivity index (χ0v) is 42.2. The average molecular weight is 956 g/mol. The highest BCUT2D eigenvalue weighted by Crippen LogP contribution is 2.42. The van der Waals surface area contributed by atoms with Crippen LogP contribution in [-0.2, 0) is 47.5 Å². The van der Waals surface area contributed by atoms with Gasteiger partial charge < -0.3 is 58.1 Å². The van der Waals surface area contributed by atoms with Crippen LogP contribution in [0.2, 0.25) is 0 Å². The van der Waals surface area contributed by atoms with Gasteiger partial charge in [0.15, 0.2) is 24.8 Å². The van der Waals surface area contributed by atoms with Crippen molar-refractivity contribution in [2.45, 2.75) is 186 Å². The number of rotatable bonds is 12. The molecule has 3 aliphatic rings. The molecule has 5 rings (SSSR count). The first kappa shape index (κ1) is 55.1. The number of carbonyl (C=O) groups excluding carboxylic acids is 4. The summed E-state index contributed by atoms with van der Waals surface area (Å²) in [5, 5.41) is 36.8. The maximum Gasteiger partial charge on any atom is 0.338 e. The van der Waals surface area contributed by atoms with Crippen LogP contribution in [0.4, 0.5) is 0 Å². The van der Waals surface area contributed by atoms with Gasteiger partial charge in [0.1, 0.15) is 23.1 Å². The number of ether oxygens (including phenoxy) is 8. The summed E-state index contributed by atoms with van der Waals surface area (Å²) >= 11 is 0. The quantitative estimate of drug-likeness (QED) is 0.167. The van der Waals surface area contributed by atoms with Gasteiger partial charge in [-0.1, -0.05) is 71.0 Å². The molecule has 0 radical (unpaired) electrons. The summed E-state index contributed by atoms with van der Waals surface area (Å²) in [6, 6.07) is 16.7. The largest absolute Gasteiger partial charge is 0.459 e. The zero-order valence-electron chi connectivity index (χ0n) is 42.2. The lowest BCUT2D eigenvalue weighted by molar-refractivity contribution is -0.317. The van der Waals surface area contributed by atoms with Gasteiger partial charge in [-0.25, -0.2) is 9.59 Å². The number of carbonyl (C=O) groups is 4. The maximum absolute atomic E-state index is 14.7. The second-order valence-corrected chi connectivity index (χ2v) is 20.1. The molecule has 3 aliphatic heterocycles. The van der Waals surface area contributed by atoms with E-state index in [9.17, 15) is 34.5 Å². The topological polar surface area (TPSA) is 206 Å². The van der Waals surface area contributed by atoms with Gasteiger partial charge in [0.05, 0.1) is 59.2 Å². The third-order valence-corrected chi connectivity index (χ3v) is 14.6. The third kappa shape index (κ3) is 12.2. The molecular formula is C52H77NO15. The molecule has 380 valence electrons. The lowest BCUT2D eigenvalue weighted by Gasteiger charge is -2.49. The van der Waals surface area contributed by atoms with Gasteiger partial charge in [-0.15, -0.1) is 0 Å². The van der Waals surface area contributed by atoms with Gasteiger partial charge in [0, 0.05) is 31.3 Å². The van der Waals surface area contributed by atoms with Crippen molar-refractivity contribution in [2.24, 2.45) is 23.7 Å². The molecular weight excluding hydrogens is 879 g/mol. The van der Waals surface area contributed by atoms with Crippen LogP contribution in [0.15, 0.2) is 60.7 Å². The van der Waals surface area contributed by atoms with Crippen LogP contribution in [-0.4, -0.2) is 149 Å². The summed E-state index contributed by atoms with van der Waals surface area (Å²) < 4.78 is 51.4. The van der Waals surface area contributed by atoms with Crippen molar-refractivity contribution < 1.29 is 72.4 Å². The first-order valence-corrected chi connectivity index (χ1v) is 24.1. The molecule has 16 heteroatoms. The molecule has 2 aromatic rings. The van der Waals surface area contributed by atoms with Crippen LogP contribution < -0.4 is 0 Å². The lowest BCUT2D eigenvalue weighted by Crippen LogP contribution is -2.62. The van der Waals surface area contributed by atoms with Crippen LogP contribution in [0, 0.1) is 23.7 Å². The summed E-state index contributed by atoms with van der Waals surface area (Å²) in [6.07, 6.45) is -10.6. The van der Waals surface area contributed by atoms with E-state index >= 15 is 0 Å². The first-order valence-electron chi connectivity index (χ1n) is 24.1. The molecule has 3 heterocycles. The van der Waals surface area contributed by atoms with E-state index in [0.29, 0.717) is 17.5 Å². The number of nitrogens with zero attached hydrogens (tertiary/aromatic N) is 1. The summed E-state index contributed by atoms with van der Waals surface area (Å²) in [5.74, 6) is -6.57. The van der Waals surface area contributed by atoms with Crippen molar-refractivity contribution >= 4 is 23.7 Å². The van der Waals surface area contributed by atoms with Gasteiger partial charge in [-0.3, -0.25) is 9.59 Å². The number of esters is 3. The van der Waals surface area contributed by atoms with E-state index < -0.39 is 132 Å². The fraction of sp³-hybridized carbons (Fsp3) is 0.692. The van der Waals surface area contributed by atoms with E-state index in [0.717, 1.165) is 0 Å². The minimum absolute atomic E-state index is 0.0154. The zero-order chi connectivity index (χ0) is 50.5. The molecule has 0 unspecified atom stereocenters. The van der Waals surface area contributed by atoms with Crippen molar-refractivity contribution in [1.29, 1.82) is 0 Å². The Morgan fingerprint density at radius 2 is 1.35 bits per heavy atom. The second-order valence-electron chi connectivity index (χ2n) is 20.1. The van der Waals surface area contributed by atoms with Gasteiger partial charge in [-0.2, -0.15) is 0 Å². The number of hydrogen-bond donors (Lipinski definition) is 3. The predicted octanol–water partition coefficient (Wildman–Crippen LogP) is 5.91. The normalized spacial score (nSPS) is 39.9. The number of methoxy groups -OCH3 is 1. The van der Waals surface area contributed by atoms with Gasteiger partial charge in [0.2, 0.25) is 0 Å². The molecule has 3 saturated heterocycles. The monoisotopic (exact) mass is 956 g/mol. The molecule has 0 aliphatic carbocycles. The van der Waals surface area contributed by atoms with E-state index in [-0.39, 0.29) is 25.7 Å². The number of Topliss-reactive ketones (excluding diaryl/α,β-unsaturated/α-hetero) is 1. The minimum Gasteiger partial charge on any atom is -0.459 e. The Hall–Kier alpha value is -3.84. The van der Waals surface area contributed by atoms with Gasteiger partial charge in [0.25, 0.3) is 0 Å². The number of aliphatic hydroxyl groups excluding tert-OH is 1. The molecule has 3 fully saturated rings. The van der Waals surface area contributed by atoms with E-state index in [4.69, 9.17) is 37.9 Å². The number of cyclic esters (lactones) is 1. The number of benzene rings is 2. The van der Waals surface area contributed by atoms with Crippen LogP contribution in [0.3, 0.4) is 0 Å². The van der Waals surface area contributed by atoms with Crippen molar-refractivity contribution in [2.75, 3.05) is 21.2 Å². The molecule has 16 nitrogen and oxygen atoms in total. The van der Waals surface area contributed by atoms with Crippen molar-refractivity contribution in [1.82, 2.24) is 4.90 Å². The highest BCUT2D eigenvalue weighted by molar-refractivity contribution is 5.90. The molecule has 68 heavy (non-hydrogen) atoms. The van der Waals surface area contributed by atoms with E-state index in [1.54, 1.807) is 109 Å². The molecule has 0 spiro atoms. The van der Waals surface area contributed by atoms with Crippen LogP contribution >= 0.6 is 0 Å². The van der Waals surface area contributed by atoms with Crippen molar-refractivity contribution in [3.63, 3.8) is 0 Å². The molecule has 0 aromatic heterocycles. The minimum atomic E-state index is -2.02. The van der Waals surface area contributed by atoms with Crippen LogP contribution in [0.25, 0.3) is 0 Å². The Bertz CT molecular complexity index is 1980. The Labute approximate surface area is 402 Å². The van der Waals surface area contributed by atoms with Crippen molar-refractivity contribution in [3.8, 4) is 0 Å². The highest BCUT2D eigenvalue weighted by Gasteiger charge is 2.55. The fourth-order valence-corrected chi connectivity index (χ4v) is 10.5. The van der Waals surface area contributed by atoms with Crippen molar-refractivity contribution in [3.05, 3.63) is 71.8 Å². The molecule has 18 atom stereocenters. The van der Waals surface area contributed by atoms with E-state index in [2.05, 4.69) is 0 Å². The lowest BCUT2D eigenvalue weighted by atomic mass is 9.73. The number of likely N-dealkylation sites (N-methyl/N-ethyl adjacent to an activating group) is 1.